The Morgan fingerprint density at radius 2 is 2.05 bits per heavy atom. The number of benzene rings is 2. The van der Waals surface area contributed by atoms with Crippen molar-refractivity contribution in [3.05, 3.63) is 48.0 Å². The van der Waals surface area contributed by atoms with Gasteiger partial charge in [-0.3, -0.25) is 5.32 Å². The molecule has 1 aliphatic rings. The average molecular weight is 273 g/mol. The molecule has 1 heterocycles. The van der Waals surface area contributed by atoms with Crippen LogP contribution in [0.4, 0.5) is 0 Å². The standard InChI is InChI=1S/C16H19NOS/c1-2-18-16(12-19-11-10-17-16)15-9-5-7-13-6-3-4-8-14(13)15/h3-9,17H,2,10-12H2,1H3. The minimum atomic E-state index is -0.335. The van der Waals surface area contributed by atoms with Crippen LogP contribution in [0.5, 0.6) is 0 Å². The van der Waals surface area contributed by atoms with Crippen LogP contribution in [0, 0.1) is 0 Å². The van der Waals surface area contributed by atoms with E-state index < -0.39 is 0 Å². The molecule has 0 aromatic heterocycles. The highest BCUT2D eigenvalue weighted by Crippen LogP contribution is 2.34. The predicted molar refractivity (Wildman–Crippen MR) is 82.6 cm³/mol. The van der Waals surface area contributed by atoms with E-state index in [1.807, 2.05) is 11.8 Å². The molecule has 2 aromatic rings. The van der Waals surface area contributed by atoms with Crippen LogP contribution in [0.3, 0.4) is 0 Å². The molecule has 1 saturated heterocycles. The van der Waals surface area contributed by atoms with Gasteiger partial charge >= 0.3 is 0 Å². The lowest BCUT2D eigenvalue weighted by molar-refractivity contribution is -0.0520. The van der Waals surface area contributed by atoms with E-state index in [-0.39, 0.29) is 5.72 Å². The molecule has 2 nitrogen and oxygen atoms in total. The predicted octanol–water partition coefficient (Wildman–Crippen LogP) is 3.37. The van der Waals surface area contributed by atoms with E-state index in [0.717, 1.165) is 24.7 Å². The maximum absolute atomic E-state index is 6.13. The summed E-state index contributed by atoms with van der Waals surface area (Å²) in [6, 6.07) is 15.0. The number of hydrogen-bond donors (Lipinski definition) is 1. The Labute approximate surface area is 118 Å². The van der Waals surface area contributed by atoms with E-state index in [1.54, 1.807) is 0 Å². The molecule has 0 amide bonds. The van der Waals surface area contributed by atoms with Gasteiger partial charge in [0.25, 0.3) is 0 Å². The highest BCUT2D eigenvalue weighted by Gasteiger charge is 2.35. The lowest BCUT2D eigenvalue weighted by Crippen LogP contribution is -2.51. The molecule has 1 fully saturated rings. The van der Waals surface area contributed by atoms with Gasteiger partial charge in [0.05, 0.1) is 0 Å². The molecule has 1 atom stereocenters. The summed E-state index contributed by atoms with van der Waals surface area (Å²) in [5, 5.41) is 6.16. The van der Waals surface area contributed by atoms with Gasteiger partial charge in [0.2, 0.25) is 0 Å². The van der Waals surface area contributed by atoms with Crippen LogP contribution in [0.15, 0.2) is 42.5 Å². The highest BCUT2D eigenvalue weighted by atomic mass is 32.2. The van der Waals surface area contributed by atoms with Gasteiger partial charge in [0.15, 0.2) is 5.72 Å². The SMILES string of the molecule is CCOC1(c2cccc3ccccc23)CSCCN1. The molecule has 0 bridgehead atoms. The molecular formula is C16H19NOS. The van der Waals surface area contributed by atoms with Crippen molar-refractivity contribution in [2.75, 3.05) is 24.7 Å². The smallest absolute Gasteiger partial charge is 0.155 e. The van der Waals surface area contributed by atoms with Crippen molar-refractivity contribution in [3.63, 3.8) is 0 Å². The lowest BCUT2D eigenvalue weighted by Gasteiger charge is -2.38. The molecule has 0 aliphatic carbocycles. The Kier molecular flexibility index (Phi) is 3.78. The van der Waals surface area contributed by atoms with Crippen molar-refractivity contribution in [1.29, 1.82) is 0 Å². The van der Waals surface area contributed by atoms with Crippen LogP contribution >= 0.6 is 11.8 Å². The van der Waals surface area contributed by atoms with Crippen molar-refractivity contribution in [3.8, 4) is 0 Å². The van der Waals surface area contributed by atoms with Crippen LogP contribution in [-0.4, -0.2) is 24.7 Å². The monoisotopic (exact) mass is 273 g/mol. The van der Waals surface area contributed by atoms with Gasteiger partial charge in [-0.05, 0) is 17.7 Å². The van der Waals surface area contributed by atoms with Crippen LogP contribution < -0.4 is 5.32 Å². The van der Waals surface area contributed by atoms with Gasteiger partial charge in [-0.1, -0.05) is 42.5 Å². The van der Waals surface area contributed by atoms with Crippen LogP contribution in [0.1, 0.15) is 12.5 Å². The van der Waals surface area contributed by atoms with E-state index >= 15 is 0 Å². The zero-order valence-corrected chi connectivity index (χ0v) is 12.0. The summed E-state index contributed by atoms with van der Waals surface area (Å²) in [6.07, 6.45) is 0. The van der Waals surface area contributed by atoms with Gasteiger partial charge in [0.1, 0.15) is 0 Å². The minimum Gasteiger partial charge on any atom is -0.356 e. The quantitative estimate of drug-likeness (QED) is 0.926. The van der Waals surface area contributed by atoms with E-state index in [0.29, 0.717) is 0 Å². The van der Waals surface area contributed by atoms with Crippen molar-refractivity contribution in [1.82, 2.24) is 5.32 Å². The molecule has 2 aromatic carbocycles. The zero-order chi connectivity index (χ0) is 13.1. The Morgan fingerprint density at radius 1 is 1.21 bits per heavy atom. The number of hydrogen-bond acceptors (Lipinski definition) is 3. The fraction of sp³-hybridized carbons (Fsp3) is 0.375. The van der Waals surface area contributed by atoms with Crippen molar-refractivity contribution in [2.24, 2.45) is 0 Å². The van der Waals surface area contributed by atoms with Gasteiger partial charge in [-0.2, -0.15) is 11.8 Å². The first-order chi connectivity index (χ1) is 9.36. The van der Waals surface area contributed by atoms with E-state index in [9.17, 15) is 0 Å². The van der Waals surface area contributed by atoms with E-state index in [2.05, 4.69) is 54.7 Å². The van der Waals surface area contributed by atoms with Crippen molar-refractivity contribution >= 4 is 22.5 Å². The van der Waals surface area contributed by atoms with Gasteiger partial charge in [0, 0.05) is 30.2 Å². The Bertz CT molecular complexity index is 553. The molecule has 1 unspecified atom stereocenters. The molecule has 3 rings (SSSR count). The zero-order valence-electron chi connectivity index (χ0n) is 11.2. The summed E-state index contributed by atoms with van der Waals surface area (Å²) in [5.41, 5.74) is 0.929. The molecule has 0 saturated carbocycles. The van der Waals surface area contributed by atoms with Crippen LogP contribution in [0.2, 0.25) is 0 Å². The first kappa shape index (κ1) is 13.0. The number of fused-ring (bicyclic) bond motifs is 1. The van der Waals surface area contributed by atoms with Crippen molar-refractivity contribution in [2.45, 2.75) is 12.6 Å². The maximum Gasteiger partial charge on any atom is 0.155 e. The Morgan fingerprint density at radius 3 is 2.84 bits per heavy atom. The molecule has 1 aliphatic heterocycles. The summed E-state index contributed by atoms with van der Waals surface area (Å²) < 4.78 is 6.13. The third kappa shape index (κ3) is 2.38. The van der Waals surface area contributed by atoms with Crippen LogP contribution in [-0.2, 0) is 10.5 Å². The molecule has 19 heavy (non-hydrogen) atoms. The van der Waals surface area contributed by atoms with Gasteiger partial charge < -0.3 is 4.74 Å². The van der Waals surface area contributed by atoms with Crippen LogP contribution in [0.25, 0.3) is 10.8 Å². The number of nitrogens with one attached hydrogen (secondary N) is 1. The molecule has 1 N–H and O–H groups in total. The fourth-order valence-corrected chi connectivity index (χ4v) is 3.78. The Hall–Kier alpha value is -1.03. The number of thioether (sulfide) groups is 1. The lowest BCUT2D eigenvalue weighted by atomic mass is 9.96. The molecule has 0 radical (unpaired) electrons. The van der Waals surface area contributed by atoms with E-state index in [1.165, 1.54) is 16.3 Å². The van der Waals surface area contributed by atoms with Crippen molar-refractivity contribution < 1.29 is 4.74 Å². The molecule has 100 valence electrons. The summed E-state index contributed by atoms with van der Waals surface area (Å²) in [4.78, 5) is 0. The van der Waals surface area contributed by atoms with Gasteiger partial charge in [-0.15, -0.1) is 0 Å². The third-order valence-corrected chi connectivity index (χ3v) is 4.68. The molecule has 3 heteroatoms. The largest absolute Gasteiger partial charge is 0.356 e. The average Bonchev–Trinajstić information content (AvgIpc) is 2.48. The first-order valence-corrected chi connectivity index (χ1v) is 7.96. The second-order valence-corrected chi connectivity index (χ2v) is 5.87. The normalized spacial score (nSPS) is 23.6. The summed E-state index contributed by atoms with van der Waals surface area (Å²) in [7, 11) is 0. The second-order valence-electron chi connectivity index (χ2n) is 4.77. The third-order valence-electron chi connectivity index (χ3n) is 3.58. The summed E-state index contributed by atoms with van der Waals surface area (Å²) in [5.74, 6) is 2.12. The summed E-state index contributed by atoms with van der Waals surface area (Å²) >= 11 is 1.96. The van der Waals surface area contributed by atoms with Gasteiger partial charge in [-0.25, -0.2) is 0 Å². The fourth-order valence-electron chi connectivity index (χ4n) is 2.76. The molecular weight excluding hydrogens is 254 g/mol. The van der Waals surface area contributed by atoms with E-state index in [4.69, 9.17) is 4.74 Å². The number of rotatable bonds is 3. The topological polar surface area (TPSA) is 21.3 Å². The minimum absolute atomic E-state index is 0.335. The Balaban J connectivity index is 2.14. The number of ether oxygens (including phenoxy) is 1. The first-order valence-electron chi connectivity index (χ1n) is 6.81. The highest BCUT2D eigenvalue weighted by molar-refractivity contribution is 7.99. The molecule has 0 spiro atoms. The second kappa shape index (κ2) is 5.53. The maximum atomic E-state index is 6.13. The summed E-state index contributed by atoms with van der Waals surface area (Å²) in [6.45, 7) is 3.78.